The molecule has 1 saturated heterocycles. The second-order valence-corrected chi connectivity index (χ2v) is 8.58. The summed E-state index contributed by atoms with van der Waals surface area (Å²) in [5, 5.41) is 11.0. The highest BCUT2D eigenvalue weighted by atomic mass is 16.6. The van der Waals surface area contributed by atoms with Crippen molar-refractivity contribution in [3.05, 3.63) is 34.9 Å². The molecule has 36 heavy (non-hydrogen) atoms. The smallest absolute Gasteiger partial charge is 0.303 e. The number of aliphatic hydroxyl groups is 1. The van der Waals surface area contributed by atoms with Crippen LogP contribution in [0.5, 0.6) is 34.5 Å². The van der Waals surface area contributed by atoms with Crippen molar-refractivity contribution in [3.63, 3.8) is 0 Å². The molecular weight excluding hydrogens is 472 g/mol. The van der Waals surface area contributed by atoms with Gasteiger partial charge in [-0.05, 0) is 23.8 Å². The quantitative estimate of drug-likeness (QED) is 0.539. The fourth-order valence-corrected chi connectivity index (χ4v) is 5.52. The summed E-state index contributed by atoms with van der Waals surface area (Å²) in [6, 6.07) is 5.45. The zero-order valence-corrected chi connectivity index (χ0v) is 21.4. The molecule has 4 rings (SSSR count). The predicted octanol–water partition coefficient (Wildman–Crippen LogP) is 3.07. The fraction of sp³-hybridized carbons (Fsp3) is 0.500. The SMILES string of the molecule is COc1cc(C2c3c(cc(OC)c(OC)c3OC)C(OC(C)=O)C3COC(O)C23)cc(OC)c1OC. The number of fused-ring (bicyclic) bond motifs is 2. The van der Waals surface area contributed by atoms with Gasteiger partial charge in [0, 0.05) is 35.8 Å². The van der Waals surface area contributed by atoms with Gasteiger partial charge in [-0.15, -0.1) is 0 Å². The lowest BCUT2D eigenvalue weighted by molar-refractivity contribution is -0.151. The molecule has 0 radical (unpaired) electrons. The van der Waals surface area contributed by atoms with Crippen molar-refractivity contribution in [1.29, 1.82) is 0 Å². The van der Waals surface area contributed by atoms with Gasteiger partial charge in [-0.2, -0.15) is 0 Å². The van der Waals surface area contributed by atoms with Crippen LogP contribution in [0.3, 0.4) is 0 Å². The van der Waals surface area contributed by atoms with E-state index in [2.05, 4.69) is 0 Å². The monoisotopic (exact) mass is 504 g/mol. The number of benzene rings is 2. The molecule has 1 fully saturated rings. The molecule has 1 heterocycles. The average Bonchev–Trinajstić information content (AvgIpc) is 3.27. The Morgan fingerprint density at radius 1 is 0.833 bits per heavy atom. The Labute approximate surface area is 209 Å². The normalized spacial score (nSPS) is 24.3. The molecule has 2 aromatic carbocycles. The lowest BCUT2D eigenvalue weighted by Gasteiger charge is -2.41. The lowest BCUT2D eigenvalue weighted by Crippen LogP contribution is -2.38. The molecule has 0 bridgehead atoms. The number of hydrogen-bond donors (Lipinski definition) is 1. The molecule has 2 aliphatic rings. The van der Waals surface area contributed by atoms with Gasteiger partial charge < -0.3 is 43.0 Å². The molecule has 5 atom stereocenters. The van der Waals surface area contributed by atoms with Crippen molar-refractivity contribution in [2.45, 2.75) is 25.2 Å². The van der Waals surface area contributed by atoms with Gasteiger partial charge in [0.25, 0.3) is 0 Å². The Hall–Kier alpha value is -3.37. The van der Waals surface area contributed by atoms with E-state index in [1.807, 2.05) is 12.1 Å². The number of ether oxygens (including phenoxy) is 8. The first-order valence-electron chi connectivity index (χ1n) is 11.4. The molecule has 10 nitrogen and oxygen atoms in total. The predicted molar refractivity (Wildman–Crippen MR) is 127 cm³/mol. The second-order valence-electron chi connectivity index (χ2n) is 8.58. The molecule has 0 aromatic heterocycles. The first-order valence-corrected chi connectivity index (χ1v) is 11.4. The van der Waals surface area contributed by atoms with E-state index >= 15 is 0 Å². The van der Waals surface area contributed by atoms with E-state index in [1.165, 1.54) is 49.6 Å². The van der Waals surface area contributed by atoms with Crippen LogP contribution < -0.4 is 28.4 Å². The molecule has 2 aromatic rings. The van der Waals surface area contributed by atoms with Crippen LogP contribution in [0.4, 0.5) is 0 Å². The standard InChI is InChI=1S/C26H32O10/c1-12(27)36-22-14-10-18(31-4)24(33-6)25(34-7)20(14)19(21-15(22)11-35-26(21)28)13-8-16(29-2)23(32-5)17(9-13)30-3/h8-10,15,19,21-22,26,28H,11H2,1-7H3. The summed E-state index contributed by atoms with van der Waals surface area (Å²) in [4.78, 5) is 12.2. The lowest BCUT2D eigenvalue weighted by atomic mass is 9.65. The second kappa shape index (κ2) is 10.3. The van der Waals surface area contributed by atoms with E-state index < -0.39 is 30.2 Å². The number of carbonyl (C=O) groups excluding carboxylic acids is 1. The van der Waals surface area contributed by atoms with Crippen LogP contribution in [0, 0.1) is 11.8 Å². The maximum absolute atomic E-state index is 12.2. The molecule has 1 N–H and O–H groups in total. The molecule has 10 heteroatoms. The number of methoxy groups -OCH3 is 6. The Kier molecular flexibility index (Phi) is 7.37. The summed E-state index contributed by atoms with van der Waals surface area (Å²) in [5.74, 6) is 0.803. The van der Waals surface area contributed by atoms with E-state index in [1.54, 1.807) is 6.07 Å². The van der Waals surface area contributed by atoms with Crippen LogP contribution in [0.2, 0.25) is 0 Å². The summed E-state index contributed by atoms with van der Waals surface area (Å²) in [6.45, 7) is 1.55. The van der Waals surface area contributed by atoms with Gasteiger partial charge in [-0.3, -0.25) is 4.79 Å². The number of aliphatic hydroxyl groups excluding tert-OH is 1. The van der Waals surface area contributed by atoms with Crippen molar-refractivity contribution in [2.75, 3.05) is 49.3 Å². The van der Waals surface area contributed by atoms with E-state index in [4.69, 9.17) is 37.9 Å². The molecule has 0 amide bonds. The molecule has 1 aliphatic carbocycles. The summed E-state index contributed by atoms with van der Waals surface area (Å²) in [5.41, 5.74) is 2.12. The molecule has 5 unspecified atom stereocenters. The van der Waals surface area contributed by atoms with E-state index in [0.717, 1.165) is 5.56 Å². The van der Waals surface area contributed by atoms with Crippen LogP contribution in [0.1, 0.15) is 35.6 Å². The Morgan fingerprint density at radius 3 is 1.89 bits per heavy atom. The van der Waals surface area contributed by atoms with Gasteiger partial charge in [0.05, 0.1) is 49.3 Å². The van der Waals surface area contributed by atoms with Crippen LogP contribution in [-0.2, 0) is 14.3 Å². The minimum atomic E-state index is -1.12. The zero-order chi connectivity index (χ0) is 26.1. The van der Waals surface area contributed by atoms with Crippen molar-refractivity contribution in [2.24, 2.45) is 11.8 Å². The number of carbonyl (C=O) groups is 1. The maximum atomic E-state index is 12.2. The van der Waals surface area contributed by atoms with E-state index in [9.17, 15) is 9.90 Å². The third kappa shape index (κ3) is 4.04. The van der Waals surface area contributed by atoms with Gasteiger partial charge in [0.2, 0.25) is 11.5 Å². The minimum absolute atomic E-state index is 0.195. The first kappa shape index (κ1) is 25.7. The highest BCUT2D eigenvalue weighted by molar-refractivity contribution is 5.69. The summed E-state index contributed by atoms with van der Waals surface area (Å²) >= 11 is 0. The summed E-state index contributed by atoms with van der Waals surface area (Å²) in [6.07, 6.45) is -1.82. The topological polar surface area (TPSA) is 111 Å². The number of hydrogen-bond acceptors (Lipinski definition) is 10. The Morgan fingerprint density at radius 2 is 1.39 bits per heavy atom. The third-order valence-corrected chi connectivity index (χ3v) is 6.91. The molecule has 196 valence electrons. The summed E-state index contributed by atoms with van der Waals surface area (Å²) < 4.78 is 45.4. The van der Waals surface area contributed by atoms with Crippen LogP contribution in [-0.4, -0.2) is 66.6 Å². The van der Waals surface area contributed by atoms with Crippen molar-refractivity contribution < 1.29 is 47.8 Å². The highest BCUT2D eigenvalue weighted by Gasteiger charge is 2.54. The maximum Gasteiger partial charge on any atom is 0.303 e. The van der Waals surface area contributed by atoms with Crippen LogP contribution in [0.25, 0.3) is 0 Å². The number of rotatable bonds is 8. The van der Waals surface area contributed by atoms with Gasteiger partial charge >= 0.3 is 5.97 Å². The van der Waals surface area contributed by atoms with Gasteiger partial charge in [-0.1, -0.05) is 0 Å². The van der Waals surface area contributed by atoms with Gasteiger partial charge in [0.1, 0.15) is 6.10 Å². The highest BCUT2D eigenvalue weighted by Crippen LogP contribution is 2.60. The number of esters is 1. The average molecular weight is 505 g/mol. The van der Waals surface area contributed by atoms with Gasteiger partial charge in [0.15, 0.2) is 29.3 Å². The van der Waals surface area contributed by atoms with Crippen LogP contribution >= 0.6 is 0 Å². The molecule has 0 saturated carbocycles. The van der Waals surface area contributed by atoms with Crippen molar-refractivity contribution >= 4 is 5.97 Å². The molecular formula is C26H32O10. The first-order chi connectivity index (χ1) is 17.3. The van der Waals surface area contributed by atoms with Crippen LogP contribution in [0.15, 0.2) is 18.2 Å². The minimum Gasteiger partial charge on any atom is -0.493 e. The van der Waals surface area contributed by atoms with E-state index in [-0.39, 0.29) is 12.5 Å². The molecule has 0 spiro atoms. The Balaban J connectivity index is 2.08. The largest absolute Gasteiger partial charge is 0.493 e. The van der Waals surface area contributed by atoms with Crippen molar-refractivity contribution in [3.8, 4) is 34.5 Å². The fourth-order valence-electron chi connectivity index (χ4n) is 5.52. The van der Waals surface area contributed by atoms with Crippen molar-refractivity contribution in [1.82, 2.24) is 0 Å². The van der Waals surface area contributed by atoms with Gasteiger partial charge in [-0.25, -0.2) is 0 Å². The zero-order valence-electron chi connectivity index (χ0n) is 21.4. The summed E-state index contributed by atoms with van der Waals surface area (Å²) in [7, 11) is 9.18. The third-order valence-electron chi connectivity index (χ3n) is 6.91. The molecule has 1 aliphatic heterocycles. The van der Waals surface area contributed by atoms with E-state index in [0.29, 0.717) is 45.6 Å². The Bertz CT molecular complexity index is 1110.